The molecule has 0 aromatic carbocycles. The first-order chi connectivity index (χ1) is 6.93. The highest BCUT2D eigenvalue weighted by molar-refractivity contribution is 5.16. The van der Waals surface area contributed by atoms with Crippen LogP contribution in [0.2, 0.25) is 0 Å². The van der Waals surface area contributed by atoms with Crippen molar-refractivity contribution in [3.05, 3.63) is 17.5 Å². The molecule has 3 heteroatoms. The third-order valence-corrected chi connectivity index (χ3v) is 2.94. The van der Waals surface area contributed by atoms with Crippen molar-refractivity contribution in [2.75, 3.05) is 7.05 Å². The van der Waals surface area contributed by atoms with Gasteiger partial charge in [-0.2, -0.15) is 5.10 Å². The van der Waals surface area contributed by atoms with Crippen LogP contribution in [0.5, 0.6) is 0 Å². The molecular formula is C12H23N3. The Morgan fingerprint density at radius 3 is 2.33 bits per heavy atom. The van der Waals surface area contributed by atoms with Gasteiger partial charge < -0.3 is 0 Å². The minimum Gasteiger partial charge on any atom is -0.300 e. The fourth-order valence-corrected chi connectivity index (χ4v) is 1.59. The van der Waals surface area contributed by atoms with Gasteiger partial charge in [0.15, 0.2) is 0 Å². The summed E-state index contributed by atoms with van der Waals surface area (Å²) in [5.41, 5.74) is 2.62. The van der Waals surface area contributed by atoms with Crippen molar-refractivity contribution in [2.45, 2.75) is 53.2 Å². The van der Waals surface area contributed by atoms with Crippen molar-refractivity contribution < 1.29 is 0 Å². The predicted molar refractivity (Wildman–Crippen MR) is 64.0 cm³/mol. The molecule has 0 saturated carbocycles. The molecule has 0 aliphatic heterocycles. The van der Waals surface area contributed by atoms with Crippen LogP contribution in [0.1, 0.15) is 45.0 Å². The van der Waals surface area contributed by atoms with Gasteiger partial charge in [0, 0.05) is 29.9 Å². The smallest absolute Gasteiger partial charge is 0.0537 e. The lowest BCUT2D eigenvalue weighted by Gasteiger charge is -2.20. The second-order valence-electron chi connectivity index (χ2n) is 4.80. The summed E-state index contributed by atoms with van der Waals surface area (Å²) < 4.78 is 2.09. The molecule has 1 heterocycles. The summed E-state index contributed by atoms with van der Waals surface area (Å²) in [5.74, 6) is 0. The van der Waals surface area contributed by atoms with Crippen LogP contribution < -0.4 is 0 Å². The van der Waals surface area contributed by atoms with E-state index in [-0.39, 0.29) is 0 Å². The molecule has 0 unspecified atom stereocenters. The molecule has 3 nitrogen and oxygen atoms in total. The Kier molecular flexibility index (Phi) is 3.91. The van der Waals surface area contributed by atoms with Gasteiger partial charge in [-0.3, -0.25) is 9.58 Å². The molecule has 15 heavy (non-hydrogen) atoms. The fraction of sp³-hybridized carbons (Fsp3) is 0.750. The van der Waals surface area contributed by atoms with Crippen LogP contribution in [0, 0.1) is 6.92 Å². The quantitative estimate of drug-likeness (QED) is 0.760. The van der Waals surface area contributed by atoms with E-state index < -0.39 is 0 Å². The normalized spacial score (nSPS) is 12.1. The number of rotatable bonds is 4. The molecule has 0 aliphatic rings. The molecule has 0 radical (unpaired) electrons. The van der Waals surface area contributed by atoms with Gasteiger partial charge in [0.2, 0.25) is 0 Å². The van der Waals surface area contributed by atoms with Gasteiger partial charge in [-0.05, 0) is 41.7 Å². The van der Waals surface area contributed by atoms with Gasteiger partial charge in [0.1, 0.15) is 0 Å². The molecule has 1 aromatic heterocycles. The largest absolute Gasteiger partial charge is 0.300 e. The van der Waals surface area contributed by atoms with Crippen molar-refractivity contribution in [1.29, 1.82) is 0 Å². The number of nitrogens with zero attached hydrogens (tertiary/aromatic N) is 3. The van der Waals surface area contributed by atoms with E-state index >= 15 is 0 Å². The summed E-state index contributed by atoms with van der Waals surface area (Å²) in [7, 11) is 2.15. The van der Waals surface area contributed by atoms with E-state index in [4.69, 9.17) is 0 Å². The zero-order chi connectivity index (χ0) is 11.6. The lowest BCUT2D eigenvalue weighted by molar-refractivity contribution is 0.265. The number of aromatic nitrogens is 2. The van der Waals surface area contributed by atoms with Crippen molar-refractivity contribution in [2.24, 2.45) is 0 Å². The van der Waals surface area contributed by atoms with Gasteiger partial charge in [0.05, 0.1) is 6.20 Å². The van der Waals surface area contributed by atoms with Gasteiger partial charge in [-0.1, -0.05) is 0 Å². The molecule has 0 N–H and O–H groups in total. The summed E-state index contributed by atoms with van der Waals surface area (Å²) in [6.07, 6.45) is 1.99. The highest BCUT2D eigenvalue weighted by Crippen LogP contribution is 2.14. The summed E-state index contributed by atoms with van der Waals surface area (Å²) in [5, 5.41) is 4.42. The zero-order valence-electron chi connectivity index (χ0n) is 10.8. The highest BCUT2D eigenvalue weighted by Gasteiger charge is 2.11. The Balaban J connectivity index is 2.79. The lowest BCUT2D eigenvalue weighted by atomic mass is 10.2. The van der Waals surface area contributed by atoms with Crippen LogP contribution >= 0.6 is 0 Å². The molecule has 0 amide bonds. The SMILES string of the molecule is Cc1c(CN(C)C(C)C)cnn1C(C)C. The zero-order valence-corrected chi connectivity index (χ0v) is 10.8. The topological polar surface area (TPSA) is 21.1 Å². The maximum absolute atomic E-state index is 4.42. The summed E-state index contributed by atoms with van der Waals surface area (Å²) >= 11 is 0. The van der Waals surface area contributed by atoms with Crippen LogP contribution in [0.25, 0.3) is 0 Å². The molecule has 0 aliphatic carbocycles. The molecule has 86 valence electrons. The average Bonchev–Trinajstić information content (AvgIpc) is 2.48. The maximum atomic E-state index is 4.42. The molecule has 0 saturated heterocycles. The molecule has 1 rings (SSSR count). The van der Waals surface area contributed by atoms with E-state index in [1.807, 2.05) is 6.20 Å². The molecule has 0 bridgehead atoms. The van der Waals surface area contributed by atoms with Gasteiger partial charge in [0.25, 0.3) is 0 Å². The Labute approximate surface area is 93.1 Å². The first-order valence-corrected chi connectivity index (χ1v) is 5.66. The number of hydrogen-bond acceptors (Lipinski definition) is 2. The van der Waals surface area contributed by atoms with Crippen LogP contribution in [0.3, 0.4) is 0 Å². The average molecular weight is 209 g/mol. The highest BCUT2D eigenvalue weighted by atomic mass is 15.3. The monoisotopic (exact) mass is 209 g/mol. The predicted octanol–water partition coefficient (Wildman–Crippen LogP) is 2.61. The van der Waals surface area contributed by atoms with E-state index in [2.05, 4.69) is 56.3 Å². The van der Waals surface area contributed by atoms with Crippen LogP contribution in [0.4, 0.5) is 0 Å². The van der Waals surface area contributed by atoms with Crippen LogP contribution in [-0.4, -0.2) is 27.8 Å². The van der Waals surface area contributed by atoms with Gasteiger partial charge in [-0.25, -0.2) is 0 Å². The van der Waals surface area contributed by atoms with E-state index in [1.54, 1.807) is 0 Å². The molecule has 1 aromatic rings. The third kappa shape index (κ3) is 2.81. The Bertz CT molecular complexity index is 313. The van der Waals surface area contributed by atoms with Crippen LogP contribution in [0.15, 0.2) is 6.20 Å². The van der Waals surface area contributed by atoms with Gasteiger partial charge in [-0.15, -0.1) is 0 Å². The van der Waals surface area contributed by atoms with Gasteiger partial charge >= 0.3 is 0 Å². The second kappa shape index (κ2) is 4.79. The summed E-state index contributed by atoms with van der Waals surface area (Å²) in [4.78, 5) is 2.33. The molecule has 0 fully saturated rings. The van der Waals surface area contributed by atoms with E-state index in [0.29, 0.717) is 12.1 Å². The maximum Gasteiger partial charge on any atom is 0.0537 e. The second-order valence-corrected chi connectivity index (χ2v) is 4.80. The van der Waals surface area contributed by atoms with E-state index in [0.717, 1.165) is 6.54 Å². The Morgan fingerprint density at radius 2 is 1.93 bits per heavy atom. The summed E-state index contributed by atoms with van der Waals surface area (Å²) in [6.45, 7) is 11.9. The van der Waals surface area contributed by atoms with Crippen LogP contribution in [-0.2, 0) is 6.54 Å². The first kappa shape index (κ1) is 12.2. The van der Waals surface area contributed by atoms with Crippen molar-refractivity contribution >= 4 is 0 Å². The molecule has 0 spiro atoms. The lowest BCUT2D eigenvalue weighted by Crippen LogP contribution is -2.25. The van der Waals surface area contributed by atoms with E-state index in [9.17, 15) is 0 Å². The number of hydrogen-bond donors (Lipinski definition) is 0. The minimum absolute atomic E-state index is 0.447. The van der Waals surface area contributed by atoms with Crippen molar-refractivity contribution in [1.82, 2.24) is 14.7 Å². The fourth-order valence-electron chi connectivity index (χ4n) is 1.59. The van der Waals surface area contributed by atoms with E-state index in [1.165, 1.54) is 11.3 Å². The third-order valence-electron chi connectivity index (χ3n) is 2.94. The Morgan fingerprint density at radius 1 is 1.33 bits per heavy atom. The van der Waals surface area contributed by atoms with Crippen molar-refractivity contribution in [3.8, 4) is 0 Å². The molecule has 0 atom stereocenters. The summed E-state index contributed by atoms with van der Waals surface area (Å²) in [6, 6.07) is 1.02. The Hall–Kier alpha value is -0.830. The first-order valence-electron chi connectivity index (χ1n) is 5.66. The molecular weight excluding hydrogens is 186 g/mol. The standard InChI is InChI=1S/C12H23N3/c1-9(2)14(6)8-12-7-13-15(10(3)4)11(12)5/h7,9-10H,8H2,1-6H3. The minimum atomic E-state index is 0.447. The van der Waals surface area contributed by atoms with Crippen molar-refractivity contribution in [3.63, 3.8) is 0 Å².